The van der Waals surface area contributed by atoms with Crippen LogP contribution in [0.4, 0.5) is 0 Å². The summed E-state index contributed by atoms with van der Waals surface area (Å²) in [6.07, 6.45) is 23.1. The van der Waals surface area contributed by atoms with E-state index in [1.165, 1.54) is 0 Å². The Bertz CT molecular complexity index is 750. The summed E-state index contributed by atoms with van der Waals surface area (Å²) in [6, 6.07) is 3.37. The number of terminal acetylenes is 3. The summed E-state index contributed by atoms with van der Waals surface area (Å²) in [6.45, 7) is 1.41. The van der Waals surface area contributed by atoms with Crippen LogP contribution in [-0.4, -0.2) is 32.8 Å². The van der Waals surface area contributed by atoms with Gasteiger partial charge in [0.05, 0.1) is 19.8 Å². The number of hydrogen-bond acceptors (Lipinski definition) is 4. The minimum absolute atomic E-state index is 0.227. The molecular formula is C26H33NO4. The fourth-order valence-corrected chi connectivity index (χ4v) is 2.73. The van der Waals surface area contributed by atoms with E-state index in [-0.39, 0.29) is 5.91 Å². The molecule has 1 aromatic carbocycles. The van der Waals surface area contributed by atoms with Gasteiger partial charge in [0, 0.05) is 31.9 Å². The Balaban J connectivity index is 3.03. The Morgan fingerprint density at radius 3 is 1.58 bits per heavy atom. The van der Waals surface area contributed by atoms with Gasteiger partial charge in [-0.3, -0.25) is 4.79 Å². The van der Waals surface area contributed by atoms with Crippen molar-refractivity contribution in [2.45, 2.75) is 57.8 Å². The molecular weight excluding hydrogens is 390 g/mol. The topological polar surface area (TPSA) is 56.8 Å². The zero-order chi connectivity index (χ0) is 22.7. The highest BCUT2D eigenvalue weighted by Gasteiger charge is 2.18. The summed E-state index contributed by atoms with van der Waals surface area (Å²) in [5, 5.41) is 2.64. The molecule has 0 heterocycles. The molecule has 1 aromatic rings. The molecule has 0 aliphatic rings. The van der Waals surface area contributed by atoms with E-state index in [9.17, 15) is 4.79 Å². The molecule has 166 valence electrons. The lowest BCUT2D eigenvalue weighted by Crippen LogP contribution is -2.18. The normalized spacial score (nSPS) is 9.74. The maximum atomic E-state index is 12.3. The molecule has 0 unspecified atom stereocenters. The second-order valence-electron chi connectivity index (χ2n) is 6.91. The Morgan fingerprint density at radius 1 is 0.774 bits per heavy atom. The number of carbonyl (C=O) groups is 1. The molecule has 0 atom stereocenters. The molecule has 5 heteroatoms. The first kappa shape index (κ1) is 25.8. The number of amides is 1. The van der Waals surface area contributed by atoms with Gasteiger partial charge in [-0.1, -0.05) is 0 Å². The van der Waals surface area contributed by atoms with Crippen LogP contribution in [0.15, 0.2) is 12.1 Å². The molecule has 0 bridgehead atoms. The highest BCUT2D eigenvalue weighted by atomic mass is 16.5. The van der Waals surface area contributed by atoms with Crippen molar-refractivity contribution in [3.05, 3.63) is 17.7 Å². The zero-order valence-corrected chi connectivity index (χ0v) is 18.5. The Morgan fingerprint density at radius 2 is 1.19 bits per heavy atom. The van der Waals surface area contributed by atoms with Crippen molar-refractivity contribution in [1.29, 1.82) is 0 Å². The highest BCUT2D eigenvalue weighted by Crippen LogP contribution is 2.39. The van der Waals surface area contributed by atoms with E-state index in [2.05, 4.69) is 23.1 Å². The van der Waals surface area contributed by atoms with Gasteiger partial charge in [0.2, 0.25) is 5.75 Å². The molecule has 0 aromatic heterocycles. The molecule has 0 spiro atoms. The quantitative estimate of drug-likeness (QED) is 0.312. The largest absolute Gasteiger partial charge is 0.490 e. The molecule has 31 heavy (non-hydrogen) atoms. The third-order valence-electron chi connectivity index (χ3n) is 4.42. The molecule has 1 N–H and O–H groups in total. The predicted octanol–water partition coefficient (Wildman–Crippen LogP) is 4.59. The van der Waals surface area contributed by atoms with E-state index in [4.69, 9.17) is 33.5 Å². The molecule has 0 radical (unpaired) electrons. The first-order valence-corrected chi connectivity index (χ1v) is 10.8. The van der Waals surface area contributed by atoms with Crippen molar-refractivity contribution < 1.29 is 19.0 Å². The second-order valence-corrected chi connectivity index (χ2v) is 6.91. The lowest BCUT2D eigenvalue weighted by molar-refractivity contribution is 0.0962. The minimum Gasteiger partial charge on any atom is -0.490 e. The maximum Gasteiger partial charge on any atom is 0.251 e. The van der Waals surface area contributed by atoms with Crippen molar-refractivity contribution in [2.75, 3.05) is 26.9 Å². The standard InChI is InChI=1S/C26H33NO4/c1-5-8-11-14-17-29-23-20-22(26(28)27-4)21-24(30-18-15-12-9-6-2)25(23)31-19-16-13-10-7-3/h1-3,20-21H,8-19H2,4H3,(H,27,28). The summed E-state index contributed by atoms with van der Waals surface area (Å²) >= 11 is 0. The molecule has 1 amide bonds. The van der Waals surface area contributed by atoms with Crippen LogP contribution in [-0.2, 0) is 0 Å². The van der Waals surface area contributed by atoms with Crippen LogP contribution in [0, 0.1) is 37.0 Å². The van der Waals surface area contributed by atoms with Crippen LogP contribution in [0.2, 0.25) is 0 Å². The number of nitrogens with one attached hydrogen (secondary N) is 1. The Kier molecular flexibility index (Phi) is 13.8. The van der Waals surface area contributed by atoms with Crippen LogP contribution < -0.4 is 19.5 Å². The van der Waals surface area contributed by atoms with Gasteiger partial charge < -0.3 is 19.5 Å². The number of ether oxygens (including phenoxy) is 3. The van der Waals surface area contributed by atoms with Crippen molar-refractivity contribution >= 4 is 5.91 Å². The van der Waals surface area contributed by atoms with Crippen LogP contribution in [0.3, 0.4) is 0 Å². The van der Waals surface area contributed by atoms with Crippen LogP contribution in [0.5, 0.6) is 17.2 Å². The third kappa shape index (κ3) is 10.4. The molecule has 0 saturated carbocycles. The predicted molar refractivity (Wildman–Crippen MR) is 124 cm³/mol. The maximum absolute atomic E-state index is 12.3. The SMILES string of the molecule is C#CCCCCOc1cc(C(=O)NC)cc(OCCCCC#C)c1OCCCCC#C. The molecule has 0 saturated heterocycles. The average Bonchev–Trinajstić information content (AvgIpc) is 2.78. The van der Waals surface area contributed by atoms with Crippen LogP contribution in [0.1, 0.15) is 68.1 Å². The lowest BCUT2D eigenvalue weighted by Gasteiger charge is -2.18. The Hall–Kier alpha value is -3.23. The summed E-state index contributed by atoms with van der Waals surface area (Å²) in [4.78, 5) is 12.3. The Labute approximate surface area is 187 Å². The third-order valence-corrected chi connectivity index (χ3v) is 4.42. The number of carbonyl (C=O) groups excluding carboxylic acids is 1. The van der Waals surface area contributed by atoms with Gasteiger partial charge in [0.25, 0.3) is 5.91 Å². The van der Waals surface area contributed by atoms with E-state index < -0.39 is 0 Å². The first-order valence-electron chi connectivity index (χ1n) is 10.8. The molecule has 5 nitrogen and oxygen atoms in total. The first-order chi connectivity index (χ1) is 15.2. The van der Waals surface area contributed by atoms with Gasteiger partial charge >= 0.3 is 0 Å². The van der Waals surface area contributed by atoms with Gasteiger partial charge in [-0.15, -0.1) is 37.0 Å². The van der Waals surface area contributed by atoms with Crippen LogP contribution in [0.25, 0.3) is 0 Å². The molecule has 1 rings (SSSR count). The van der Waals surface area contributed by atoms with E-state index in [0.717, 1.165) is 38.5 Å². The van der Waals surface area contributed by atoms with E-state index in [0.29, 0.717) is 61.9 Å². The fraction of sp³-hybridized carbons (Fsp3) is 0.500. The number of benzene rings is 1. The number of rotatable bonds is 16. The van der Waals surface area contributed by atoms with E-state index in [1.54, 1.807) is 19.2 Å². The van der Waals surface area contributed by atoms with E-state index >= 15 is 0 Å². The summed E-state index contributed by atoms with van der Waals surface area (Å²) in [5.74, 6) is 9.11. The highest BCUT2D eigenvalue weighted by molar-refractivity contribution is 5.95. The summed E-state index contributed by atoms with van der Waals surface area (Å²) in [7, 11) is 1.58. The summed E-state index contributed by atoms with van der Waals surface area (Å²) < 4.78 is 18.0. The number of unbranched alkanes of at least 4 members (excludes halogenated alkanes) is 6. The van der Waals surface area contributed by atoms with Crippen molar-refractivity contribution in [2.24, 2.45) is 0 Å². The van der Waals surface area contributed by atoms with Gasteiger partial charge in [-0.25, -0.2) is 0 Å². The van der Waals surface area contributed by atoms with Gasteiger partial charge in [-0.05, 0) is 50.7 Å². The molecule has 0 aliphatic heterocycles. The zero-order valence-electron chi connectivity index (χ0n) is 18.5. The van der Waals surface area contributed by atoms with Crippen molar-refractivity contribution in [3.8, 4) is 54.3 Å². The van der Waals surface area contributed by atoms with Gasteiger partial charge in [-0.2, -0.15) is 0 Å². The second kappa shape index (κ2) is 16.6. The van der Waals surface area contributed by atoms with E-state index in [1.807, 2.05) is 0 Å². The summed E-state index contributed by atoms with van der Waals surface area (Å²) in [5.41, 5.74) is 0.444. The fourth-order valence-electron chi connectivity index (χ4n) is 2.73. The van der Waals surface area contributed by atoms with Gasteiger partial charge in [0.1, 0.15) is 0 Å². The lowest BCUT2D eigenvalue weighted by atomic mass is 10.1. The van der Waals surface area contributed by atoms with Crippen molar-refractivity contribution in [3.63, 3.8) is 0 Å². The average molecular weight is 424 g/mol. The van der Waals surface area contributed by atoms with Crippen molar-refractivity contribution in [1.82, 2.24) is 5.32 Å². The number of hydrogen-bond donors (Lipinski definition) is 1. The van der Waals surface area contributed by atoms with Gasteiger partial charge in [0.15, 0.2) is 11.5 Å². The minimum atomic E-state index is -0.227. The monoisotopic (exact) mass is 423 g/mol. The molecule has 0 fully saturated rings. The molecule has 0 aliphatic carbocycles. The smallest absolute Gasteiger partial charge is 0.251 e. The van der Waals surface area contributed by atoms with Crippen LogP contribution >= 0.6 is 0 Å².